The van der Waals surface area contributed by atoms with E-state index in [0.29, 0.717) is 6.42 Å². The van der Waals surface area contributed by atoms with Gasteiger partial charge in [-0.15, -0.1) is 0 Å². The van der Waals surface area contributed by atoms with Crippen molar-refractivity contribution in [2.45, 2.75) is 84.7 Å². The van der Waals surface area contributed by atoms with E-state index in [0.717, 1.165) is 31.8 Å². The van der Waals surface area contributed by atoms with Crippen molar-refractivity contribution in [1.29, 1.82) is 0 Å². The van der Waals surface area contributed by atoms with Crippen LogP contribution in [0.15, 0.2) is 0 Å². The summed E-state index contributed by atoms with van der Waals surface area (Å²) in [6.45, 7) is 6.63. The molecule has 0 saturated carbocycles. The third-order valence-electron chi connectivity index (χ3n) is 4.31. The van der Waals surface area contributed by atoms with E-state index in [-0.39, 0.29) is 12.1 Å². The van der Waals surface area contributed by atoms with Gasteiger partial charge in [0.25, 0.3) is 0 Å². The molecule has 2 atom stereocenters. The van der Waals surface area contributed by atoms with Gasteiger partial charge in [-0.05, 0) is 38.0 Å². The molecule has 0 aromatic carbocycles. The van der Waals surface area contributed by atoms with Crippen molar-refractivity contribution >= 4 is 5.97 Å². The van der Waals surface area contributed by atoms with E-state index in [2.05, 4.69) is 20.8 Å². The average molecular weight is 286 g/mol. The quantitative estimate of drug-likeness (QED) is 0.783. The molecule has 0 spiro atoms. The molecule has 3 heteroatoms. The van der Waals surface area contributed by atoms with Gasteiger partial charge >= 0.3 is 5.97 Å². The van der Waals surface area contributed by atoms with Crippen molar-refractivity contribution in [1.82, 2.24) is 0 Å². The molecule has 1 aliphatic heterocycles. The Morgan fingerprint density at radius 2 is 1.85 bits per heavy atom. The minimum Gasteiger partial charge on any atom is -0.463 e. The van der Waals surface area contributed by atoms with Crippen LogP contribution >= 0.6 is 0 Å². The van der Waals surface area contributed by atoms with Gasteiger partial charge in [-0.2, -0.15) is 0 Å². The molecule has 3 nitrogen and oxygen atoms in total. The first-order valence-corrected chi connectivity index (χ1v) is 8.29. The number of cyclic esters (lactones) is 1. The SMILES string of the molecule is CCC(CC)CC1CCCCCC(=O)OC(C)C1.CO. The molecule has 1 aliphatic rings. The number of esters is 1. The normalized spacial score (nSPS) is 24.6. The average Bonchev–Trinajstić information content (AvgIpc) is 2.45. The number of rotatable bonds is 4. The molecule has 1 N–H and O–H groups in total. The molecular weight excluding hydrogens is 252 g/mol. The maximum atomic E-state index is 11.5. The summed E-state index contributed by atoms with van der Waals surface area (Å²) in [5.74, 6) is 1.60. The maximum Gasteiger partial charge on any atom is 0.306 e. The number of aliphatic hydroxyl groups excluding tert-OH is 1. The first kappa shape index (κ1) is 19.4. The van der Waals surface area contributed by atoms with E-state index in [1.54, 1.807) is 0 Å². The van der Waals surface area contributed by atoms with Gasteiger partial charge in [0, 0.05) is 13.5 Å². The topological polar surface area (TPSA) is 46.5 Å². The van der Waals surface area contributed by atoms with Crippen molar-refractivity contribution in [2.75, 3.05) is 7.11 Å². The highest BCUT2D eigenvalue weighted by atomic mass is 16.5. The van der Waals surface area contributed by atoms with Gasteiger partial charge in [0.1, 0.15) is 0 Å². The Balaban J connectivity index is 0.00000172. The summed E-state index contributed by atoms with van der Waals surface area (Å²) in [6, 6.07) is 0. The first-order valence-electron chi connectivity index (χ1n) is 8.29. The Morgan fingerprint density at radius 3 is 2.45 bits per heavy atom. The van der Waals surface area contributed by atoms with Crippen LogP contribution in [0.3, 0.4) is 0 Å². The molecule has 0 bridgehead atoms. The zero-order chi connectivity index (χ0) is 15.4. The van der Waals surface area contributed by atoms with Crippen molar-refractivity contribution < 1.29 is 14.6 Å². The van der Waals surface area contributed by atoms with Gasteiger partial charge in [-0.3, -0.25) is 4.79 Å². The fourth-order valence-electron chi connectivity index (χ4n) is 3.11. The van der Waals surface area contributed by atoms with Crippen molar-refractivity contribution in [3.63, 3.8) is 0 Å². The molecule has 1 heterocycles. The van der Waals surface area contributed by atoms with E-state index >= 15 is 0 Å². The van der Waals surface area contributed by atoms with Crippen molar-refractivity contribution in [3.8, 4) is 0 Å². The highest BCUT2D eigenvalue weighted by Crippen LogP contribution is 2.28. The third-order valence-corrected chi connectivity index (χ3v) is 4.31. The fourth-order valence-corrected chi connectivity index (χ4v) is 3.11. The molecule has 1 saturated heterocycles. The zero-order valence-electron chi connectivity index (χ0n) is 13.9. The van der Waals surface area contributed by atoms with Crippen molar-refractivity contribution in [2.24, 2.45) is 11.8 Å². The van der Waals surface area contributed by atoms with Gasteiger partial charge in [0.15, 0.2) is 0 Å². The number of carbonyl (C=O) groups excluding carboxylic acids is 1. The van der Waals surface area contributed by atoms with E-state index in [4.69, 9.17) is 9.84 Å². The Hall–Kier alpha value is -0.570. The second-order valence-electron chi connectivity index (χ2n) is 5.92. The summed E-state index contributed by atoms with van der Waals surface area (Å²) in [5.41, 5.74) is 0. The lowest BCUT2D eigenvalue weighted by atomic mass is 9.84. The molecule has 120 valence electrons. The van der Waals surface area contributed by atoms with Crippen LogP contribution in [-0.2, 0) is 9.53 Å². The molecule has 0 amide bonds. The van der Waals surface area contributed by atoms with Gasteiger partial charge in [0.2, 0.25) is 0 Å². The van der Waals surface area contributed by atoms with Crippen molar-refractivity contribution in [3.05, 3.63) is 0 Å². The second-order valence-corrected chi connectivity index (χ2v) is 5.92. The summed E-state index contributed by atoms with van der Waals surface area (Å²) in [7, 11) is 1.00. The molecule has 20 heavy (non-hydrogen) atoms. The van der Waals surface area contributed by atoms with Gasteiger partial charge < -0.3 is 9.84 Å². The van der Waals surface area contributed by atoms with Crippen LogP contribution in [0.1, 0.15) is 78.6 Å². The Bertz CT molecular complexity index is 236. The van der Waals surface area contributed by atoms with Crippen LogP contribution in [0.4, 0.5) is 0 Å². The predicted octanol–water partition coefficient (Wildman–Crippen LogP) is 4.32. The van der Waals surface area contributed by atoms with Gasteiger partial charge in [-0.1, -0.05) is 46.0 Å². The minimum atomic E-state index is 0.00526. The molecular formula is C17H34O3. The Labute approximate surface area is 125 Å². The molecule has 1 fully saturated rings. The van der Waals surface area contributed by atoms with E-state index in [1.165, 1.54) is 38.5 Å². The number of carbonyl (C=O) groups is 1. The molecule has 0 aromatic heterocycles. The van der Waals surface area contributed by atoms with Gasteiger partial charge in [-0.25, -0.2) is 0 Å². The summed E-state index contributed by atoms with van der Waals surface area (Å²) >= 11 is 0. The molecule has 2 unspecified atom stereocenters. The lowest BCUT2D eigenvalue weighted by Crippen LogP contribution is -2.21. The second kappa shape index (κ2) is 12.2. The Kier molecular flexibility index (Phi) is 11.8. The molecule has 1 rings (SSSR count). The summed E-state index contributed by atoms with van der Waals surface area (Å²) < 4.78 is 5.47. The fraction of sp³-hybridized carbons (Fsp3) is 0.941. The monoisotopic (exact) mass is 286 g/mol. The smallest absolute Gasteiger partial charge is 0.306 e. The molecule has 0 aliphatic carbocycles. The predicted molar refractivity (Wildman–Crippen MR) is 83.6 cm³/mol. The molecule has 0 radical (unpaired) electrons. The Morgan fingerprint density at radius 1 is 1.20 bits per heavy atom. The van der Waals surface area contributed by atoms with Crippen LogP contribution < -0.4 is 0 Å². The highest BCUT2D eigenvalue weighted by Gasteiger charge is 2.20. The number of ether oxygens (including phenoxy) is 1. The lowest BCUT2D eigenvalue weighted by molar-refractivity contribution is -0.149. The largest absolute Gasteiger partial charge is 0.463 e. The van der Waals surface area contributed by atoms with E-state index in [9.17, 15) is 4.79 Å². The lowest BCUT2D eigenvalue weighted by Gasteiger charge is -2.26. The van der Waals surface area contributed by atoms with E-state index < -0.39 is 0 Å². The van der Waals surface area contributed by atoms with Crippen LogP contribution in [-0.4, -0.2) is 24.3 Å². The molecule has 0 aromatic rings. The maximum absolute atomic E-state index is 11.5. The van der Waals surface area contributed by atoms with Gasteiger partial charge in [0.05, 0.1) is 6.10 Å². The first-order chi connectivity index (χ1) is 9.65. The number of hydrogen-bond acceptors (Lipinski definition) is 3. The summed E-state index contributed by atoms with van der Waals surface area (Å²) in [6.07, 6.45) is 10.4. The summed E-state index contributed by atoms with van der Waals surface area (Å²) in [4.78, 5) is 11.5. The van der Waals surface area contributed by atoms with Crippen LogP contribution in [0.5, 0.6) is 0 Å². The highest BCUT2D eigenvalue weighted by molar-refractivity contribution is 5.69. The van der Waals surface area contributed by atoms with Crippen LogP contribution in [0.2, 0.25) is 0 Å². The zero-order valence-corrected chi connectivity index (χ0v) is 13.9. The summed E-state index contributed by atoms with van der Waals surface area (Å²) in [5, 5.41) is 7.00. The van der Waals surface area contributed by atoms with E-state index in [1.807, 2.05) is 0 Å². The van der Waals surface area contributed by atoms with Crippen LogP contribution in [0, 0.1) is 11.8 Å². The number of hydrogen-bond donors (Lipinski definition) is 1. The standard InChI is InChI=1S/C16H30O2.CH4O/c1-4-14(5-2)12-15-9-7-6-8-10-16(17)18-13(3)11-15;1-2/h13-15H,4-12H2,1-3H3;2H,1H3. The number of aliphatic hydroxyl groups is 1. The minimum absolute atomic E-state index is 0.00526. The third kappa shape index (κ3) is 8.57. The van der Waals surface area contributed by atoms with Crippen LogP contribution in [0.25, 0.3) is 0 Å².